The Bertz CT molecular complexity index is 5100. The Hall–Kier alpha value is -6.99. The second kappa shape index (κ2) is 12.8. The summed E-state index contributed by atoms with van der Waals surface area (Å²) in [6, 6.07) is -22.8. The van der Waals surface area contributed by atoms with Crippen molar-refractivity contribution in [3.05, 3.63) is 175 Å². The average Bonchev–Trinajstić information content (AvgIpc) is 1.49. The third kappa shape index (κ3) is 5.30. The molecule has 4 aromatic heterocycles. The lowest BCUT2D eigenvalue weighted by Crippen LogP contribution is -2.00. The molecule has 0 radical (unpaired) electrons. The summed E-state index contributed by atoms with van der Waals surface area (Å²) in [7, 11) is 0. The summed E-state index contributed by atoms with van der Waals surface area (Å²) in [5.74, 6) is -2.35. The fourth-order valence-corrected chi connectivity index (χ4v) is 8.47. The molecule has 0 aliphatic rings. The van der Waals surface area contributed by atoms with E-state index in [1.54, 1.807) is 0 Å². The second-order valence-corrected chi connectivity index (χ2v) is 14.1. The predicted molar refractivity (Wildman–Crippen MR) is 240 cm³/mol. The zero-order valence-corrected chi connectivity index (χ0v) is 29.7. The molecule has 12 aromatic rings. The van der Waals surface area contributed by atoms with Gasteiger partial charge < -0.3 is 4.42 Å². The molecule has 12 rings (SSSR count). The van der Waals surface area contributed by atoms with Crippen LogP contribution in [0.5, 0.6) is 0 Å². The van der Waals surface area contributed by atoms with E-state index in [9.17, 15) is 12.3 Å². The van der Waals surface area contributed by atoms with E-state index in [1.807, 2.05) is 0 Å². The standard InChI is InChI=1S/C51H29N3OS2/c1-3-12-30(13-4-1)49-52-50(31-14-5-2-6-15-31)54-51(53-49)33-22-24-36-41-26-32(23-25-43(41)55-44(36)29-33)40-27-34(28-42-38-17-8-10-21-46(38)57-48(40)42)35-18-11-19-39-37-16-7-9-20-45(37)56-47(35)39/h1-29H/i1D,2D,3D,4D,5D,6D,7D,8D,9D,10D,11D,12D,13D,14D,15D,16D,17D,18D,19D,20D,21D,22D,23D,24D,25D,26D,27D,28D,29D. The van der Waals surface area contributed by atoms with Gasteiger partial charge in [0.1, 0.15) is 11.2 Å². The minimum atomic E-state index is -0.948. The van der Waals surface area contributed by atoms with Crippen molar-refractivity contribution in [3.8, 4) is 56.4 Å². The van der Waals surface area contributed by atoms with E-state index in [-0.39, 0.29) is 40.3 Å². The Morgan fingerprint density at radius 3 is 1.61 bits per heavy atom. The number of benzene rings is 8. The minimum Gasteiger partial charge on any atom is -0.456 e. The summed E-state index contributed by atoms with van der Waals surface area (Å²) >= 11 is 1.29. The molecule has 4 nitrogen and oxygen atoms in total. The van der Waals surface area contributed by atoms with Crippen molar-refractivity contribution in [2.75, 3.05) is 0 Å². The lowest BCUT2D eigenvalue weighted by molar-refractivity contribution is 0.669. The molecular weight excluding hydrogens is 735 g/mol. The molecule has 4 heterocycles. The summed E-state index contributed by atoms with van der Waals surface area (Å²) in [6.07, 6.45) is 0. The maximum absolute atomic E-state index is 10.1. The van der Waals surface area contributed by atoms with E-state index < -0.39 is 254 Å². The summed E-state index contributed by atoms with van der Waals surface area (Å²) in [5, 5.41) is -2.13. The summed E-state index contributed by atoms with van der Waals surface area (Å²) in [6.45, 7) is 0. The molecule has 266 valence electrons. The largest absolute Gasteiger partial charge is 0.456 e. The van der Waals surface area contributed by atoms with Crippen LogP contribution in [0.25, 0.3) is 119 Å². The zero-order valence-electron chi connectivity index (χ0n) is 57.1. The van der Waals surface area contributed by atoms with Gasteiger partial charge in [0.2, 0.25) is 0 Å². The first-order valence-corrected chi connectivity index (χ1v) is 18.2. The van der Waals surface area contributed by atoms with Crippen molar-refractivity contribution in [2.45, 2.75) is 0 Å². The second-order valence-electron chi connectivity index (χ2n) is 12.1. The van der Waals surface area contributed by atoms with Crippen LogP contribution >= 0.6 is 22.7 Å². The van der Waals surface area contributed by atoms with Crippen LogP contribution in [0.1, 0.15) is 39.8 Å². The SMILES string of the molecule is [2H]c1c([2H])c([2H])c(-c2nc(-c3c([2H])c([2H])c([2H])c([2H])c3[2H])nc(-c3c([2H])c([2H])c4c(oc5c([2H])c([2H])c(-c6c([2H])c(-c7c([2H])c([2H])c([2H])c8c7sc7c([2H])c([2H])c([2H])c([2H])c78)c([2H])c7c6sc6c([2H])c([2H])c([2H])c([2H])c67)c([2H])c54)c3[2H])n2)c([2H])c1[2H]. The van der Waals surface area contributed by atoms with E-state index in [2.05, 4.69) is 15.0 Å². The molecule has 0 aliphatic carbocycles. The molecule has 0 unspecified atom stereocenters. The van der Waals surface area contributed by atoms with Crippen molar-refractivity contribution in [1.29, 1.82) is 0 Å². The highest BCUT2D eigenvalue weighted by Gasteiger charge is 2.19. The highest BCUT2D eigenvalue weighted by Crippen LogP contribution is 2.46. The molecule has 57 heavy (non-hydrogen) atoms. The third-order valence-electron chi connectivity index (χ3n) is 8.81. The molecule has 0 bridgehead atoms. The summed E-state index contributed by atoms with van der Waals surface area (Å²) in [5.41, 5.74) is -5.60. The normalized spacial score (nSPS) is 19.0. The van der Waals surface area contributed by atoms with Crippen LogP contribution in [0.2, 0.25) is 0 Å². The number of thiophene rings is 2. The number of hydrogen-bond donors (Lipinski definition) is 0. The van der Waals surface area contributed by atoms with Gasteiger partial charge in [-0.15, -0.1) is 22.7 Å². The van der Waals surface area contributed by atoms with Gasteiger partial charge in [0.25, 0.3) is 0 Å². The van der Waals surface area contributed by atoms with Crippen molar-refractivity contribution < 1.29 is 44.2 Å². The van der Waals surface area contributed by atoms with Crippen molar-refractivity contribution >= 4 is 85.0 Å². The molecule has 0 aliphatic heterocycles. The average molecular weight is 793 g/mol. The van der Waals surface area contributed by atoms with Gasteiger partial charge in [-0.05, 0) is 65.0 Å². The van der Waals surface area contributed by atoms with E-state index >= 15 is 0 Å². The van der Waals surface area contributed by atoms with Gasteiger partial charge in [0.15, 0.2) is 17.5 Å². The smallest absolute Gasteiger partial charge is 0.164 e. The van der Waals surface area contributed by atoms with E-state index in [4.69, 9.17) is 31.8 Å². The number of aromatic nitrogens is 3. The van der Waals surface area contributed by atoms with Crippen LogP contribution in [0.4, 0.5) is 0 Å². The van der Waals surface area contributed by atoms with E-state index in [1.165, 1.54) is 0 Å². The number of rotatable bonds is 5. The zero-order chi connectivity index (χ0) is 62.7. The Morgan fingerprint density at radius 1 is 0.351 bits per heavy atom. The molecule has 0 amide bonds. The number of fused-ring (bicyclic) bond motifs is 9. The lowest BCUT2D eigenvalue weighted by atomic mass is 9.94. The van der Waals surface area contributed by atoms with Crippen LogP contribution in [0.15, 0.2) is 180 Å². The minimum absolute atomic E-state index is 0.116. The Kier molecular flexibility index (Phi) is 3.32. The van der Waals surface area contributed by atoms with Gasteiger partial charge in [-0.2, -0.15) is 0 Å². The molecule has 0 saturated heterocycles. The van der Waals surface area contributed by atoms with Gasteiger partial charge in [0, 0.05) is 73.4 Å². The monoisotopic (exact) mass is 792 g/mol. The van der Waals surface area contributed by atoms with Gasteiger partial charge in [0.05, 0.1) is 39.8 Å². The topological polar surface area (TPSA) is 51.8 Å². The van der Waals surface area contributed by atoms with E-state index in [0.717, 1.165) is 0 Å². The van der Waals surface area contributed by atoms with Gasteiger partial charge in [-0.25, -0.2) is 15.0 Å². The Labute approximate surface area is 375 Å². The van der Waals surface area contributed by atoms with Crippen LogP contribution < -0.4 is 0 Å². The third-order valence-corrected chi connectivity index (χ3v) is 11.1. The molecule has 0 spiro atoms. The predicted octanol–water partition coefficient (Wildman–Crippen LogP) is 14.8. The molecule has 8 aromatic carbocycles. The van der Waals surface area contributed by atoms with Gasteiger partial charge >= 0.3 is 0 Å². The number of hydrogen-bond acceptors (Lipinski definition) is 6. The lowest BCUT2D eigenvalue weighted by Gasteiger charge is -2.10. The van der Waals surface area contributed by atoms with Gasteiger partial charge in [-0.1, -0.05) is 127 Å². The number of furan rings is 1. The van der Waals surface area contributed by atoms with Crippen molar-refractivity contribution in [2.24, 2.45) is 0 Å². The highest BCUT2D eigenvalue weighted by molar-refractivity contribution is 7.26. The van der Waals surface area contributed by atoms with E-state index in [0.29, 0.717) is 22.7 Å². The molecule has 0 N–H and O–H groups in total. The van der Waals surface area contributed by atoms with Crippen LogP contribution in [0, 0.1) is 0 Å². The quantitative estimate of drug-likeness (QED) is 0.174. The highest BCUT2D eigenvalue weighted by atomic mass is 32.1. The van der Waals surface area contributed by atoms with Crippen molar-refractivity contribution in [1.82, 2.24) is 15.0 Å². The molecule has 0 fully saturated rings. The van der Waals surface area contributed by atoms with Crippen LogP contribution in [-0.2, 0) is 0 Å². The summed E-state index contributed by atoms with van der Waals surface area (Å²) < 4.78 is 265. The maximum atomic E-state index is 10.1. The molecular formula is C51H29N3OS2. The first-order valence-electron chi connectivity index (χ1n) is 31.1. The van der Waals surface area contributed by atoms with Crippen molar-refractivity contribution in [3.63, 3.8) is 0 Å². The molecule has 0 atom stereocenters. The fraction of sp³-hybridized carbons (Fsp3) is 0. The first-order chi connectivity index (χ1) is 40.3. The van der Waals surface area contributed by atoms with Crippen LogP contribution in [0.3, 0.4) is 0 Å². The number of nitrogens with zero attached hydrogens (tertiary/aromatic N) is 3. The van der Waals surface area contributed by atoms with Gasteiger partial charge in [-0.3, -0.25) is 0 Å². The maximum Gasteiger partial charge on any atom is 0.164 e. The Balaban J connectivity index is 1.21. The first kappa shape index (κ1) is 14.8. The fourth-order valence-electron chi connectivity index (χ4n) is 6.32. The summed E-state index contributed by atoms with van der Waals surface area (Å²) in [4.78, 5) is 12.8. The molecule has 6 heteroatoms. The Morgan fingerprint density at radius 2 is 0.912 bits per heavy atom. The van der Waals surface area contributed by atoms with Crippen LogP contribution in [-0.4, -0.2) is 15.0 Å². The molecule has 0 saturated carbocycles.